The van der Waals surface area contributed by atoms with Crippen molar-refractivity contribution in [3.63, 3.8) is 0 Å². The van der Waals surface area contributed by atoms with Crippen molar-refractivity contribution < 1.29 is 4.79 Å². The van der Waals surface area contributed by atoms with E-state index in [0.717, 1.165) is 24.4 Å². The van der Waals surface area contributed by atoms with Gasteiger partial charge in [0.1, 0.15) is 0 Å². The average molecular weight is 233 g/mol. The molecule has 1 fully saturated rings. The molecule has 2 heterocycles. The minimum absolute atomic E-state index is 0. The molecule has 1 atom stereocenters. The largest absolute Gasteiger partial charge is 0.347 e. The maximum Gasteiger partial charge on any atom is 0.261 e. The second kappa shape index (κ2) is 5.34. The summed E-state index contributed by atoms with van der Waals surface area (Å²) in [4.78, 5) is 12.3. The van der Waals surface area contributed by atoms with Crippen LogP contribution in [-0.2, 0) is 0 Å². The Hall–Kier alpha value is -0.580. The molecule has 0 spiro atoms. The molecule has 0 aromatic carbocycles. The van der Waals surface area contributed by atoms with Crippen LogP contribution in [0.2, 0.25) is 0 Å². The van der Waals surface area contributed by atoms with E-state index in [4.69, 9.17) is 0 Å². The van der Waals surface area contributed by atoms with Gasteiger partial charge in [-0.2, -0.15) is 0 Å². The molecule has 2 N–H and O–H groups in total. The maximum atomic E-state index is 11.5. The van der Waals surface area contributed by atoms with E-state index in [9.17, 15) is 4.79 Å². The van der Waals surface area contributed by atoms with Crippen LogP contribution in [0.25, 0.3) is 0 Å². The topological polar surface area (TPSA) is 41.1 Å². The van der Waals surface area contributed by atoms with E-state index in [2.05, 4.69) is 10.6 Å². The Morgan fingerprint density at radius 3 is 3.07 bits per heavy atom. The van der Waals surface area contributed by atoms with Gasteiger partial charge < -0.3 is 10.6 Å². The van der Waals surface area contributed by atoms with Gasteiger partial charge in [0.05, 0.1) is 4.88 Å². The van der Waals surface area contributed by atoms with Gasteiger partial charge in [0.2, 0.25) is 0 Å². The zero-order chi connectivity index (χ0) is 9.10. The first-order valence-corrected chi connectivity index (χ1v) is 5.29. The monoisotopic (exact) mass is 232 g/mol. The Balaban J connectivity index is 0.000000980. The summed E-state index contributed by atoms with van der Waals surface area (Å²) in [5.74, 6) is 0.0590. The number of amides is 1. The SMILES string of the molecule is Cl.O=C(N[C@@H]1CCNC1)c1cccs1. The highest BCUT2D eigenvalue weighted by Crippen LogP contribution is 2.09. The molecule has 0 bridgehead atoms. The minimum atomic E-state index is 0. The Bertz CT molecular complexity index is 283. The predicted octanol–water partition coefficient (Wildman–Crippen LogP) is 1.26. The summed E-state index contributed by atoms with van der Waals surface area (Å²) in [7, 11) is 0. The highest BCUT2D eigenvalue weighted by atomic mass is 35.5. The molecule has 1 aliphatic rings. The van der Waals surface area contributed by atoms with Crippen LogP contribution in [0.5, 0.6) is 0 Å². The Kier molecular flexibility index (Phi) is 4.38. The van der Waals surface area contributed by atoms with E-state index in [0.29, 0.717) is 6.04 Å². The highest BCUT2D eigenvalue weighted by Gasteiger charge is 2.17. The van der Waals surface area contributed by atoms with Crippen molar-refractivity contribution in [2.24, 2.45) is 0 Å². The highest BCUT2D eigenvalue weighted by molar-refractivity contribution is 7.12. The number of rotatable bonds is 2. The van der Waals surface area contributed by atoms with Crippen molar-refractivity contribution in [3.05, 3.63) is 22.4 Å². The van der Waals surface area contributed by atoms with Crippen molar-refractivity contribution in [1.82, 2.24) is 10.6 Å². The number of hydrogen-bond donors (Lipinski definition) is 2. The molecule has 0 radical (unpaired) electrons. The lowest BCUT2D eigenvalue weighted by molar-refractivity contribution is 0.0944. The van der Waals surface area contributed by atoms with Crippen molar-refractivity contribution in [1.29, 1.82) is 0 Å². The van der Waals surface area contributed by atoms with Gasteiger partial charge in [-0.3, -0.25) is 4.79 Å². The third-order valence-corrected chi connectivity index (χ3v) is 3.01. The summed E-state index contributed by atoms with van der Waals surface area (Å²) in [5, 5.41) is 8.12. The molecule has 0 aliphatic carbocycles. The summed E-state index contributed by atoms with van der Waals surface area (Å²) in [5.41, 5.74) is 0. The van der Waals surface area contributed by atoms with Crippen LogP contribution >= 0.6 is 23.7 Å². The molecule has 78 valence electrons. The number of hydrogen-bond acceptors (Lipinski definition) is 3. The minimum Gasteiger partial charge on any atom is -0.347 e. The average Bonchev–Trinajstić information content (AvgIpc) is 2.74. The van der Waals surface area contributed by atoms with Crippen LogP contribution in [-0.4, -0.2) is 25.0 Å². The number of carbonyl (C=O) groups excluding carboxylic acids is 1. The normalized spacial score (nSPS) is 20.1. The Morgan fingerprint density at radius 1 is 1.64 bits per heavy atom. The molecule has 3 nitrogen and oxygen atoms in total. The molecule has 0 unspecified atom stereocenters. The van der Waals surface area contributed by atoms with Crippen molar-refractivity contribution >= 4 is 29.7 Å². The lowest BCUT2D eigenvalue weighted by atomic mass is 10.2. The van der Waals surface area contributed by atoms with E-state index in [1.165, 1.54) is 11.3 Å². The Labute approximate surface area is 93.3 Å². The third-order valence-electron chi connectivity index (χ3n) is 2.14. The second-order valence-electron chi connectivity index (χ2n) is 3.14. The van der Waals surface area contributed by atoms with Crippen LogP contribution in [0.3, 0.4) is 0 Å². The maximum absolute atomic E-state index is 11.5. The van der Waals surface area contributed by atoms with E-state index < -0.39 is 0 Å². The molecule has 14 heavy (non-hydrogen) atoms. The molecule has 0 saturated carbocycles. The summed E-state index contributed by atoms with van der Waals surface area (Å²) >= 11 is 1.48. The van der Waals surface area contributed by atoms with Crippen LogP contribution in [0.1, 0.15) is 16.1 Å². The molecular formula is C9H13ClN2OS. The lowest BCUT2D eigenvalue weighted by Gasteiger charge is -2.09. The summed E-state index contributed by atoms with van der Waals surface area (Å²) < 4.78 is 0. The Morgan fingerprint density at radius 2 is 2.50 bits per heavy atom. The number of carbonyl (C=O) groups is 1. The van der Waals surface area contributed by atoms with Gasteiger partial charge in [-0.25, -0.2) is 0 Å². The van der Waals surface area contributed by atoms with E-state index in [1.807, 2.05) is 17.5 Å². The molecule has 1 saturated heterocycles. The van der Waals surface area contributed by atoms with Gasteiger partial charge >= 0.3 is 0 Å². The number of nitrogens with one attached hydrogen (secondary N) is 2. The van der Waals surface area contributed by atoms with Gasteiger partial charge in [0.15, 0.2) is 0 Å². The molecular weight excluding hydrogens is 220 g/mol. The quantitative estimate of drug-likeness (QED) is 0.806. The van der Waals surface area contributed by atoms with E-state index in [-0.39, 0.29) is 18.3 Å². The third kappa shape index (κ3) is 2.70. The summed E-state index contributed by atoms with van der Waals surface area (Å²) in [6, 6.07) is 4.06. The first-order valence-electron chi connectivity index (χ1n) is 4.41. The fraction of sp³-hybridized carbons (Fsp3) is 0.444. The summed E-state index contributed by atoms with van der Waals surface area (Å²) in [6.45, 7) is 1.91. The van der Waals surface area contributed by atoms with E-state index in [1.54, 1.807) is 0 Å². The van der Waals surface area contributed by atoms with Gasteiger partial charge in [-0.15, -0.1) is 23.7 Å². The predicted molar refractivity (Wildman–Crippen MR) is 60.3 cm³/mol. The van der Waals surface area contributed by atoms with E-state index >= 15 is 0 Å². The molecule has 1 aliphatic heterocycles. The molecule has 1 aromatic heterocycles. The van der Waals surface area contributed by atoms with Crippen LogP contribution in [0.15, 0.2) is 17.5 Å². The first-order chi connectivity index (χ1) is 6.36. The standard InChI is InChI=1S/C9H12N2OS.ClH/c12-9(8-2-1-5-13-8)11-7-3-4-10-6-7;/h1-2,5,7,10H,3-4,6H2,(H,11,12);1H/t7-;/m1./s1. The molecule has 1 aromatic rings. The van der Waals surface area contributed by atoms with Crippen LogP contribution < -0.4 is 10.6 Å². The second-order valence-corrected chi connectivity index (χ2v) is 4.09. The van der Waals surface area contributed by atoms with Gasteiger partial charge in [-0.05, 0) is 24.4 Å². The fourth-order valence-corrected chi connectivity index (χ4v) is 2.07. The molecule has 5 heteroatoms. The van der Waals surface area contributed by atoms with Crippen molar-refractivity contribution in [2.45, 2.75) is 12.5 Å². The van der Waals surface area contributed by atoms with Crippen molar-refractivity contribution in [3.8, 4) is 0 Å². The zero-order valence-corrected chi connectivity index (χ0v) is 9.29. The summed E-state index contributed by atoms with van der Waals surface area (Å²) in [6.07, 6.45) is 1.04. The first kappa shape index (κ1) is 11.5. The number of halogens is 1. The molecule has 1 amide bonds. The van der Waals surface area contributed by atoms with Crippen LogP contribution in [0.4, 0.5) is 0 Å². The number of thiophene rings is 1. The van der Waals surface area contributed by atoms with Gasteiger partial charge in [-0.1, -0.05) is 6.07 Å². The van der Waals surface area contributed by atoms with Crippen molar-refractivity contribution in [2.75, 3.05) is 13.1 Å². The van der Waals surface area contributed by atoms with Crippen LogP contribution in [0, 0.1) is 0 Å². The smallest absolute Gasteiger partial charge is 0.261 e. The lowest BCUT2D eigenvalue weighted by Crippen LogP contribution is -2.35. The zero-order valence-electron chi connectivity index (χ0n) is 7.66. The fourth-order valence-electron chi connectivity index (χ4n) is 1.44. The van der Waals surface area contributed by atoms with Gasteiger partial charge in [0.25, 0.3) is 5.91 Å². The molecule has 2 rings (SSSR count). The van der Waals surface area contributed by atoms with Gasteiger partial charge in [0, 0.05) is 12.6 Å².